The van der Waals surface area contributed by atoms with Gasteiger partial charge in [0, 0.05) is 6.04 Å². The van der Waals surface area contributed by atoms with Crippen molar-refractivity contribution >= 4 is 0 Å². The maximum Gasteiger partial charge on any atom is 0.170 e. The summed E-state index contributed by atoms with van der Waals surface area (Å²) in [5.41, 5.74) is 1.37. The first-order valence-electron chi connectivity index (χ1n) is 6.01. The molecule has 0 radical (unpaired) electrons. The topological polar surface area (TPSA) is 55.6 Å². The molecule has 1 heterocycles. The quantitative estimate of drug-likeness (QED) is 0.886. The van der Waals surface area contributed by atoms with Gasteiger partial charge < -0.3 is 5.32 Å². The lowest BCUT2D eigenvalue weighted by Gasteiger charge is -2.07. The molecule has 1 aliphatic carbocycles. The zero-order valence-electron chi connectivity index (χ0n) is 10.1. The van der Waals surface area contributed by atoms with Gasteiger partial charge in [0.15, 0.2) is 5.82 Å². The fraction of sp³-hybridized carbons (Fsp3) is 0.417. The third-order valence-electron chi connectivity index (χ3n) is 2.99. The minimum absolute atomic E-state index is 0.319. The molecule has 0 spiro atoms. The largest absolute Gasteiger partial charge is 0.307 e. The first kappa shape index (κ1) is 11.3. The minimum Gasteiger partial charge on any atom is -0.307 e. The zero-order chi connectivity index (χ0) is 12.5. The highest BCUT2D eigenvalue weighted by molar-refractivity contribution is 5.36. The molecule has 0 saturated heterocycles. The van der Waals surface area contributed by atoms with Crippen LogP contribution in [-0.4, -0.2) is 26.2 Å². The summed E-state index contributed by atoms with van der Waals surface area (Å²) < 4.78 is 15.2. The Hall–Kier alpha value is -1.82. The van der Waals surface area contributed by atoms with E-state index in [2.05, 4.69) is 20.8 Å². The van der Waals surface area contributed by atoms with Crippen LogP contribution in [-0.2, 0) is 6.54 Å². The van der Waals surface area contributed by atoms with Gasteiger partial charge in [-0.2, -0.15) is 4.68 Å². The van der Waals surface area contributed by atoms with Gasteiger partial charge in [0.25, 0.3) is 0 Å². The molecule has 1 saturated carbocycles. The molecule has 0 unspecified atom stereocenters. The summed E-state index contributed by atoms with van der Waals surface area (Å²) in [5, 5.41) is 14.7. The van der Waals surface area contributed by atoms with E-state index in [-0.39, 0.29) is 5.82 Å². The van der Waals surface area contributed by atoms with Gasteiger partial charge in [0.05, 0.1) is 6.54 Å². The number of rotatable bonds is 4. The second-order valence-corrected chi connectivity index (χ2v) is 4.62. The number of tetrazole rings is 1. The number of halogens is 1. The number of nitrogens with one attached hydrogen (secondary N) is 1. The molecule has 1 fully saturated rings. The molecular weight excluding hydrogens is 233 g/mol. The van der Waals surface area contributed by atoms with E-state index < -0.39 is 0 Å². The predicted octanol–water partition coefficient (Wildman–Crippen LogP) is 1.36. The summed E-state index contributed by atoms with van der Waals surface area (Å²) >= 11 is 0. The molecule has 1 aliphatic rings. The van der Waals surface area contributed by atoms with E-state index in [0.29, 0.717) is 24.1 Å². The Morgan fingerprint density at radius 1 is 1.44 bits per heavy atom. The molecule has 2 aromatic rings. The molecule has 1 aromatic carbocycles. The number of aromatic nitrogens is 4. The van der Waals surface area contributed by atoms with Crippen LogP contribution in [0.2, 0.25) is 0 Å². The van der Waals surface area contributed by atoms with E-state index in [9.17, 15) is 4.39 Å². The van der Waals surface area contributed by atoms with Crippen LogP contribution in [0, 0.1) is 12.7 Å². The van der Waals surface area contributed by atoms with E-state index >= 15 is 0 Å². The Labute approximate surface area is 104 Å². The second kappa shape index (κ2) is 4.45. The highest BCUT2D eigenvalue weighted by atomic mass is 19.1. The summed E-state index contributed by atoms with van der Waals surface area (Å²) in [7, 11) is 0. The van der Waals surface area contributed by atoms with E-state index in [4.69, 9.17) is 0 Å². The van der Waals surface area contributed by atoms with E-state index in [1.807, 2.05) is 6.92 Å². The maximum absolute atomic E-state index is 13.8. The van der Waals surface area contributed by atoms with E-state index in [1.54, 1.807) is 12.1 Å². The Balaban J connectivity index is 1.90. The summed E-state index contributed by atoms with van der Waals surface area (Å²) in [6.45, 7) is 2.47. The lowest BCUT2D eigenvalue weighted by atomic mass is 10.2. The van der Waals surface area contributed by atoms with Gasteiger partial charge in [-0.3, -0.25) is 0 Å². The second-order valence-electron chi connectivity index (χ2n) is 4.62. The van der Waals surface area contributed by atoms with Gasteiger partial charge in [-0.15, -0.1) is 5.10 Å². The molecule has 0 atom stereocenters. The van der Waals surface area contributed by atoms with Crippen molar-refractivity contribution in [2.75, 3.05) is 0 Å². The number of nitrogens with zero attached hydrogens (tertiary/aromatic N) is 4. The predicted molar refractivity (Wildman–Crippen MR) is 63.7 cm³/mol. The van der Waals surface area contributed by atoms with Crippen molar-refractivity contribution in [3.05, 3.63) is 35.4 Å². The van der Waals surface area contributed by atoms with Crippen LogP contribution >= 0.6 is 0 Å². The number of benzene rings is 1. The number of hydrogen-bond acceptors (Lipinski definition) is 4. The Morgan fingerprint density at radius 3 is 3.06 bits per heavy atom. The summed E-state index contributed by atoms with van der Waals surface area (Å²) in [6.07, 6.45) is 2.39. The summed E-state index contributed by atoms with van der Waals surface area (Å²) in [4.78, 5) is 0. The smallest absolute Gasteiger partial charge is 0.170 e. The molecule has 6 heteroatoms. The number of aryl methyl sites for hydroxylation is 1. The fourth-order valence-electron chi connectivity index (χ4n) is 1.81. The standard InChI is InChI=1S/C12H14FN5/c1-8-2-5-10(13)11(6-8)18-12(15-16-17-18)7-14-9-3-4-9/h2,5-6,9,14H,3-4,7H2,1H3. The van der Waals surface area contributed by atoms with E-state index in [0.717, 1.165) is 5.56 Å². The molecular formula is C12H14FN5. The van der Waals surface area contributed by atoms with Crippen molar-refractivity contribution in [2.24, 2.45) is 0 Å². The SMILES string of the molecule is Cc1ccc(F)c(-n2nnnc2CNC2CC2)c1. The molecule has 3 rings (SSSR count). The van der Waals surface area contributed by atoms with Gasteiger partial charge in [-0.05, 0) is 47.9 Å². The molecule has 0 aliphatic heterocycles. The maximum atomic E-state index is 13.8. The highest BCUT2D eigenvalue weighted by Crippen LogP contribution is 2.20. The monoisotopic (exact) mass is 247 g/mol. The van der Waals surface area contributed by atoms with Crippen molar-refractivity contribution in [1.82, 2.24) is 25.5 Å². The molecule has 18 heavy (non-hydrogen) atoms. The lowest BCUT2D eigenvalue weighted by molar-refractivity contribution is 0.590. The zero-order valence-corrected chi connectivity index (χ0v) is 10.1. The molecule has 5 nitrogen and oxygen atoms in total. The normalized spacial score (nSPS) is 15.0. The third kappa shape index (κ3) is 2.24. The number of hydrogen-bond donors (Lipinski definition) is 1. The first-order chi connectivity index (χ1) is 8.74. The van der Waals surface area contributed by atoms with Gasteiger partial charge in [-0.25, -0.2) is 4.39 Å². The minimum atomic E-state index is -0.319. The molecule has 0 bridgehead atoms. The Kier molecular flexibility index (Phi) is 2.79. The van der Waals surface area contributed by atoms with Crippen molar-refractivity contribution < 1.29 is 4.39 Å². The van der Waals surface area contributed by atoms with Crippen LogP contribution in [0.3, 0.4) is 0 Å². The fourth-order valence-corrected chi connectivity index (χ4v) is 1.81. The van der Waals surface area contributed by atoms with Gasteiger partial charge in [-0.1, -0.05) is 6.07 Å². The van der Waals surface area contributed by atoms with Crippen molar-refractivity contribution in [1.29, 1.82) is 0 Å². The third-order valence-corrected chi connectivity index (χ3v) is 2.99. The molecule has 1 N–H and O–H groups in total. The lowest BCUT2D eigenvalue weighted by Crippen LogP contribution is -2.19. The van der Waals surface area contributed by atoms with Crippen LogP contribution < -0.4 is 5.32 Å². The van der Waals surface area contributed by atoms with Crippen molar-refractivity contribution in [3.63, 3.8) is 0 Å². The average molecular weight is 247 g/mol. The van der Waals surface area contributed by atoms with E-state index in [1.165, 1.54) is 23.6 Å². The van der Waals surface area contributed by atoms with Crippen LogP contribution in [0.25, 0.3) is 5.69 Å². The summed E-state index contributed by atoms with van der Waals surface area (Å²) in [6, 6.07) is 5.47. The van der Waals surface area contributed by atoms with Crippen molar-refractivity contribution in [2.45, 2.75) is 32.4 Å². The Morgan fingerprint density at radius 2 is 2.28 bits per heavy atom. The van der Waals surface area contributed by atoms with Crippen LogP contribution in [0.5, 0.6) is 0 Å². The van der Waals surface area contributed by atoms with Crippen LogP contribution in [0.15, 0.2) is 18.2 Å². The van der Waals surface area contributed by atoms with Gasteiger partial charge in [0.2, 0.25) is 0 Å². The van der Waals surface area contributed by atoms with Crippen LogP contribution in [0.1, 0.15) is 24.2 Å². The average Bonchev–Trinajstić information content (AvgIpc) is 3.08. The van der Waals surface area contributed by atoms with Gasteiger partial charge >= 0.3 is 0 Å². The highest BCUT2D eigenvalue weighted by Gasteiger charge is 2.21. The van der Waals surface area contributed by atoms with Crippen molar-refractivity contribution in [3.8, 4) is 5.69 Å². The van der Waals surface area contributed by atoms with Crippen LogP contribution in [0.4, 0.5) is 4.39 Å². The molecule has 1 aromatic heterocycles. The Bertz CT molecular complexity index is 561. The molecule has 0 amide bonds. The molecule has 94 valence electrons. The summed E-state index contributed by atoms with van der Waals surface area (Å²) in [5.74, 6) is 0.312. The first-order valence-corrected chi connectivity index (χ1v) is 6.01. The van der Waals surface area contributed by atoms with Gasteiger partial charge in [0.1, 0.15) is 11.5 Å².